The molecule has 1 atom stereocenters. The normalized spacial score (nSPS) is 22.0. The van der Waals surface area contributed by atoms with Gasteiger partial charge < -0.3 is 20.1 Å². The van der Waals surface area contributed by atoms with Crippen LogP contribution in [0.2, 0.25) is 0 Å². The summed E-state index contributed by atoms with van der Waals surface area (Å²) in [6, 6.07) is 5.43. The molecule has 3 N–H and O–H groups in total. The van der Waals surface area contributed by atoms with E-state index in [1.165, 1.54) is 0 Å². The Bertz CT molecular complexity index is 484. The highest BCUT2D eigenvalue weighted by Crippen LogP contribution is 2.36. The molecule has 0 spiro atoms. The Morgan fingerprint density at radius 3 is 2.25 bits per heavy atom. The Morgan fingerprint density at radius 2 is 1.75 bits per heavy atom. The fourth-order valence-corrected chi connectivity index (χ4v) is 2.24. The van der Waals surface area contributed by atoms with Crippen LogP contribution in [-0.2, 0) is 15.7 Å². The molecule has 0 bridgehead atoms. The number of phenolic OH excluding ortho intramolecular Hbond substituents is 1. The van der Waals surface area contributed by atoms with Crippen molar-refractivity contribution >= 4 is 12.6 Å². The summed E-state index contributed by atoms with van der Waals surface area (Å²) >= 11 is 0. The lowest BCUT2D eigenvalue weighted by molar-refractivity contribution is 0.00578. The third-order valence-corrected chi connectivity index (χ3v) is 4.17. The first-order valence-electron chi connectivity index (χ1n) is 7.05. The number of nitrogens with two attached hydrogens (primary N) is 1. The smallest absolute Gasteiger partial charge is 0.494 e. The fourth-order valence-electron chi connectivity index (χ4n) is 2.24. The van der Waals surface area contributed by atoms with Crippen molar-refractivity contribution in [2.45, 2.75) is 58.3 Å². The second kappa shape index (κ2) is 5.06. The highest BCUT2D eigenvalue weighted by molar-refractivity contribution is 6.62. The van der Waals surface area contributed by atoms with Crippen LogP contribution in [0, 0.1) is 0 Å². The Balaban J connectivity index is 2.27. The topological polar surface area (TPSA) is 64.7 Å². The molecule has 20 heavy (non-hydrogen) atoms. The van der Waals surface area contributed by atoms with Gasteiger partial charge in [0.15, 0.2) is 0 Å². The molecule has 5 heteroatoms. The number of hydrogen-bond acceptors (Lipinski definition) is 4. The molecule has 1 heterocycles. The summed E-state index contributed by atoms with van der Waals surface area (Å²) in [5.41, 5.74) is 6.82. The second-order valence-corrected chi connectivity index (χ2v) is 6.66. The molecule has 1 saturated heterocycles. The van der Waals surface area contributed by atoms with Crippen LogP contribution < -0.4 is 11.2 Å². The minimum atomic E-state index is -0.410. The van der Waals surface area contributed by atoms with Gasteiger partial charge in [-0.15, -0.1) is 0 Å². The third-order valence-electron chi connectivity index (χ3n) is 4.17. The summed E-state index contributed by atoms with van der Waals surface area (Å²) in [5, 5.41) is 9.89. The van der Waals surface area contributed by atoms with Gasteiger partial charge in [-0.05, 0) is 58.1 Å². The minimum Gasteiger partial charge on any atom is -0.508 e. The SMILES string of the molecule is CC(N)Cc1cc(B2OC(C)(C)C(C)(C)O2)ccc1O. The zero-order valence-corrected chi connectivity index (χ0v) is 12.9. The highest BCUT2D eigenvalue weighted by atomic mass is 16.7. The molecular formula is C15H24BNO3. The summed E-state index contributed by atoms with van der Waals surface area (Å²) in [5.74, 6) is 0.266. The van der Waals surface area contributed by atoms with Gasteiger partial charge in [0.05, 0.1) is 11.2 Å². The molecule has 2 rings (SSSR count). The van der Waals surface area contributed by atoms with E-state index in [0.717, 1.165) is 11.0 Å². The molecule has 0 aromatic heterocycles. The van der Waals surface area contributed by atoms with E-state index in [1.807, 2.05) is 46.8 Å². The quantitative estimate of drug-likeness (QED) is 0.823. The van der Waals surface area contributed by atoms with Crippen LogP contribution in [0.3, 0.4) is 0 Å². The van der Waals surface area contributed by atoms with Crippen molar-refractivity contribution in [2.24, 2.45) is 5.73 Å². The number of aromatic hydroxyl groups is 1. The molecule has 4 nitrogen and oxygen atoms in total. The first-order chi connectivity index (χ1) is 9.12. The average molecular weight is 277 g/mol. The second-order valence-electron chi connectivity index (χ2n) is 6.66. The predicted octanol–water partition coefficient (Wildman–Crippen LogP) is 1.58. The number of rotatable bonds is 3. The van der Waals surface area contributed by atoms with Crippen molar-refractivity contribution in [1.29, 1.82) is 0 Å². The van der Waals surface area contributed by atoms with Crippen molar-refractivity contribution < 1.29 is 14.4 Å². The van der Waals surface area contributed by atoms with Gasteiger partial charge in [0.2, 0.25) is 0 Å². The molecule has 110 valence electrons. The van der Waals surface area contributed by atoms with Crippen LogP contribution >= 0.6 is 0 Å². The van der Waals surface area contributed by atoms with Crippen LogP contribution in [0.4, 0.5) is 0 Å². The predicted molar refractivity (Wildman–Crippen MR) is 81.2 cm³/mol. The van der Waals surface area contributed by atoms with Gasteiger partial charge in [0.25, 0.3) is 0 Å². The summed E-state index contributed by atoms with van der Waals surface area (Å²) in [7, 11) is -0.410. The van der Waals surface area contributed by atoms with Crippen molar-refractivity contribution in [3.8, 4) is 5.75 Å². The van der Waals surface area contributed by atoms with Crippen molar-refractivity contribution in [1.82, 2.24) is 0 Å². The third kappa shape index (κ3) is 2.85. The molecule has 1 aromatic rings. The monoisotopic (exact) mass is 277 g/mol. The average Bonchev–Trinajstić information content (AvgIpc) is 2.50. The zero-order chi connectivity index (χ0) is 15.1. The van der Waals surface area contributed by atoms with Crippen molar-refractivity contribution in [3.05, 3.63) is 23.8 Å². The molecule has 1 aliphatic rings. The molecule has 0 aliphatic carbocycles. The van der Waals surface area contributed by atoms with Crippen LogP contribution in [0.5, 0.6) is 5.75 Å². The lowest BCUT2D eigenvalue weighted by atomic mass is 9.78. The summed E-state index contributed by atoms with van der Waals surface area (Å²) < 4.78 is 12.0. The number of phenols is 1. The van der Waals surface area contributed by atoms with Gasteiger partial charge in [-0.3, -0.25) is 0 Å². The number of benzene rings is 1. The maximum atomic E-state index is 9.89. The van der Waals surface area contributed by atoms with E-state index < -0.39 is 7.12 Å². The molecule has 1 unspecified atom stereocenters. The van der Waals surface area contributed by atoms with Crippen molar-refractivity contribution in [3.63, 3.8) is 0 Å². The standard InChI is InChI=1S/C15H24BNO3/c1-10(17)8-11-9-12(6-7-13(11)18)16-19-14(2,3)15(4,5)20-16/h6-7,9-10,18H,8,17H2,1-5H3. The molecule has 1 aliphatic heterocycles. The Kier molecular flexibility index (Phi) is 3.89. The first kappa shape index (κ1) is 15.4. The molecule has 0 amide bonds. The van der Waals surface area contributed by atoms with Crippen LogP contribution in [0.25, 0.3) is 0 Å². The zero-order valence-electron chi connectivity index (χ0n) is 12.9. The van der Waals surface area contributed by atoms with Crippen molar-refractivity contribution in [2.75, 3.05) is 0 Å². The van der Waals surface area contributed by atoms with Gasteiger partial charge in [0, 0.05) is 6.04 Å². The summed E-state index contributed by atoms with van der Waals surface area (Å²) in [4.78, 5) is 0. The van der Waals surface area contributed by atoms with Gasteiger partial charge in [-0.1, -0.05) is 12.1 Å². The van der Waals surface area contributed by atoms with Gasteiger partial charge in [-0.25, -0.2) is 0 Å². The maximum absolute atomic E-state index is 9.89. The van der Waals surface area contributed by atoms with Crippen LogP contribution in [0.15, 0.2) is 18.2 Å². The Labute approximate surface area is 121 Å². The molecule has 0 radical (unpaired) electrons. The van der Waals surface area contributed by atoms with Gasteiger partial charge in [-0.2, -0.15) is 0 Å². The van der Waals surface area contributed by atoms with E-state index in [1.54, 1.807) is 6.07 Å². The lowest BCUT2D eigenvalue weighted by Crippen LogP contribution is -2.41. The van der Waals surface area contributed by atoms with E-state index in [9.17, 15) is 5.11 Å². The Morgan fingerprint density at radius 1 is 1.20 bits per heavy atom. The molecular weight excluding hydrogens is 253 g/mol. The summed E-state index contributed by atoms with van der Waals surface area (Å²) in [6.45, 7) is 10.0. The molecule has 1 aromatic carbocycles. The maximum Gasteiger partial charge on any atom is 0.494 e. The Hall–Kier alpha value is -1.04. The van der Waals surface area contributed by atoms with E-state index in [-0.39, 0.29) is 23.0 Å². The van der Waals surface area contributed by atoms with E-state index in [2.05, 4.69) is 0 Å². The minimum absolute atomic E-state index is 0.00514. The van der Waals surface area contributed by atoms with E-state index >= 15 is 0 Å². The molecule has 0 saturated carbocycles. The number of hydrogen-bond donors (Lipinski definition) is 2. The van der Waals surface area contributed by atoms with E-state index in [0.29, 0.717) is 6.42 Å². The van der Waals surface area contributed by atoms with Gasteiger partial charge >= 0.3 is 7.12 Å². The van der Waals surface area contributed by atoms with Crippen LogP contribution in [-0.4, -0.2) is 29.5 Å². The van der Waals surface area contributed by atoms with Gasteiger partial charge in [0.1, 0.15) is 5.75 Å². The van der Waals surface area contributed by atoms with Crippen LogP contribution in [0.1, 0.15) is 40.2 Å². The summed E-state index contributed by atoms with van der Waals surface area (Å²) in [6.07, 6.45) is 0.624. The van der Waals surface area contributed by atoms with E-state index in [4.69, 9.17) is 15.0 Å². The fraction of sp³-hybridized carbons (Fsp3) is 0.600. The highest BCUT2D eigenvalue weighted by Gasteiger charge is 2.51. The molecule has 1 fully saturated rings. The largest absolute Gasteiger partial charge is 0.508 e. The lowest BCUT2D eigenvalue weighted by Gasteiger charge is -2.32. The first-order valence-corrected chi connectivity index (χ1v) is 7.05.